The molecule has 1 saturated carbocycles. The van der Waals surface area contributed by atoms with Crippen LogP contribution in [0, 0.1) is 32.1 Å². The molecule has 3 amide bonds. The molecule has 0 aromatic heterocycles. The first-order chi connectivity index (χ1) is 18.6. The molecule has 3 aromatic carbocycles. The van der Waals surface area contributed by atoms with E-state index in [1.54, 1.807) is 19.1 Å². The van der Waals surface area contributed by atoms with Gasteiger partial charge < -0.3 is 21.1 Å². The van der Waals surface area contributed by atoms with Crippen molar-refractivity contribution >= 4 is 40.1 Å². The predicted octanol–water partition coefficient (Wildman–Crippen LogP) is 6.43. The van der Waals surface area contributed by atoms with Crippen LogP contribution in [0.4, 0.5) is 16.2 Å². The molecule has 0 aliphatic heterocycles. The maximum absolute atomic E-state index is 13.7. The number of terminal acetylenes is 1. The Morgan fingerprint density at radius 1 is 0.974 bits per heavy atom. The van der Waals surface area contributed by atoms with Crippen molar-refractivity contribution in [2.75, 3.05) is 10.6 Å². The topological polar surface area (TPSA) is 108 Å². The largest absolute Gasteiger partial charge is 0.480 e. The highest BCUT2D eigenvalue weighted by Gasteiger charge is 2.43. The van der Waals surface area contributed by atoms with Gasteiger partial charge in [0.05, 0.1) is 11.3 Å². The van der Waals surface area contributed by atoms with E-state index in [0.29, 0.717) is 17.8 Å². The molecule has 1 atom stereocenters. The lowest BCUT2D eigenvalue weighted by atomic mass is 9.75. The second kappa shape index (κ2) is 11.6. The van der Waals surface area contributed by atoms with Gasteiger partial charge in [0, 0.05) is 12.1 Å². The van der Waals surface area contributed by atoms with Crippen LogP contribution in [0.5, 0.6) is 0 Å². The number of fused-ring (bicyclic) bond motifs is 1. The molecular formula is C32H35N3O4. The molecule has 1 aliphatic rings. The Kier molecular flexibility index (Phi) is 8.25. The Bertz CT molecular complexity index is 1440. The summed E-state index contributed by atoms with van der Waals surface area (Å²) in [7, 11) is 0. The number of benzene rings is 3. The van der Waals surface area contributed by atoms with E-state index in [4.69, 9.17) is 6.42 Å². The molecule has 0 radical (unpaired) electrons. The van der Waals surface area contributed by atoms with Crippen LogP contribution in [0.3, 0.4) is 0 Å². The van der Waals surface area contributed by atoms with E-state index in [1.165, 1.54) is 0 Å². The Labute approximate surface area is 229 Å². The van der Waals surface area contributed by atoms with Crippen molar-refractivity contribution in [3.05, 3.63) is 70.8 Å². The van der Waals surface area contributed by atoms with Gasteiger partial charge in [0.2, 0.25) is 0 Å². The summed E-state index contributed by atoms with van der Waals surface area (Å²) >= 11 is 0. The minimum atomic E-state index is -1.42. The maximum atomic E-state index is 13.7. The zero-order valence-electron chi connectivity index (χ0n) is 22.7. The first kappa shape index (κ1) is 27.7. The molecule has 0 unspecified atom stereocenters. The number of hydrogen-bond acceptors (Lipinski definition) is 3. The van der Waals surface area contributed by atoms with Crippen molar-refractivity contribution in [1.82, 2.24) is 5.32 Å². The van der Waals surface area contributed by atoms with Crippen LogP contribution in [-0.4, -0.2) is 28.6 Å². The van der Waals surface area contributed by atoms with Crippen molar-refractivity contribution in [2.24, 2.45) is 5.92 Å². The van der Waals surface area contributed by atoms with Crippen LogP contribution in [0.15, 0.2) is 48.5 Å². The fourth-order valence-electron chi connectivity index (χ4n) is 5.58. The van der Waals surface area contributed by atoms with Crippen molar-refractivity contribution in [1.29, 1.82) is 0 Å². The summed E-state index contributed by atoms with van der Waals surface area (Å²) in [5.74, 6) is 0.858. The van der Waals surface area contributed by atoms with Gasteiger partial charge in [0.1, 0.15) is 5.54 Å². The number of amides is 3. The number of aliphatic carboxylic acids is 1. The standard InChI is InChI=1S/C32H35N3O4/c1-5-11-22-16-20(2)28(21(3)17-22)34-31(39)33-27-19-24-13-10-9-12-23(24)18-26(27)29(36)35-32(4,30(37)38)25-14-7-6-8-15-25/h1,9-10,12-13,16-19,25H,6-8,11,14-15H2,2-4H3,(H,35,36)(H,37,38)(H2,33,34,39)/t32-/m0/s1. The fraction of sp³-hybridized carbons (Fsp3) is 0.344. The molecular weight excluding hydrogens is 490 g/mol. The number of carboxylic acids is 1. The van der Waals surface area contributed by atoms with Gasteiger partial charge in [-0.1, -0.05) is 55.7 Å². The van der Waals surface area contributed by atoms with E-state index in [1.807, 2.05) is 50.2 Å². The van der Waals surface area contributed by atoms with Crippen LogP contribution < -0.4 is 16.0 Å². The summed E-state index contributed by atoms with van der Waals surface area (Å²) in [6.45, 7) is 5.38. The van der Waals surface area contributed by atoms with Gasteiger partial charge in [-0.3, -0.25) is 4.79 Å². The molecule has 202 valence electrons. The minimum Gasteiger partial charge on any atom is -0.480 e. The van der Waals surface area contributed by atoms with Crippen molar-refractivity contribution < 1.29 is 19.5 Å². The fourth-order valence-corrected chi connectivity index (χ4v) is 5.58. The highest BCUT2D eigenvalue weighted by Crippen LogP contribution is 2.34. The number of aryl methyl sites for hydroxylation is 2. The number of nitrogens with one attached hydrogen (secondary N) is 3. The summed E-state index contributed by atoms with van der Waals surface area (Å²) in [4.78, 5) is 39.2. The zero-order chi connectivity index (χ0) is 28.2. The predicted molar refractivity (Wildman–Crippen MR) is 155 cm³/mol. The van der Waals surface area contributed by atoms with E-state index < -0.39 is 23.4 Å². The average molecular weight is 526 g/mol. The lowest BCUT2D eigenvalue weighted by molar-refractivity contribution is -0.146. The van der Waals surface area contributed by atoms with Crippen molar-refractivity contribution in [3.63, 3.8) is 0 Å². The van der Waals surface area contributed by atoms with Crippen LogP contribution in [-0.2, 0) is 11.2 Å². The molecule has 7 heteroatoms. The van der Waals surface area contributed by atoms with Gasteiger partial charge in [-0.25, -0.2) is 9.59 Å². The van der Waals surface area contributed by atoms with Crippen molar-refractivity contribution in [2.45, 2.75) is 64.8 Å². The third-order valence-electron chi connectivity index (χ3n) is 7.76. The van der Waals surface area contributed by atoms with Crippen LogP contribution in [0.25, 0.3) is 10.8 Å². The van der Waals surface area contributed by atoms with Gasteiger partial charge in [-0.2, -0.15) is 0 Å². The Morgan fingerprint density at radius 2 is 1.59 bits per heavy atom. The number of carboxylic acid groups (broad SMARTS) is 1. The Hall–Kier alpha value is -4.31. The molecule has 7 nitrogen and oxygen atoms in total. The lowest BCUT2D eigenvalue weighted by Gasteiger charge is -2.37. The number of rotatable bonds is 7. The van der Waals surface area contributed by atoms with E-state index in [-0.39, 0.29) is 11.5 Å². The van der Waals surface area contributed by atoms with E-state index >= 15 is 0 Å². The first-order valence-electron chi connectivity index (χ1n) is 13.3. The number of carbonyl (C=O) groups excluding carboxylic acids is 2. The molecule has 0 saturated heterocycles. The molecule has 4 N–H and O–H groups in total. The van der Waals surface area contributed by atoms with Crippen molar-refractivity contribution in [3.8, 4) is 12.3 Å². The molecule has 0 bridgehead atoms. The second-order valence-corrected chi connectivity index (χ2v) is 10.6. The molecule has 4 rings (SSSR count). The summed E-state index contributed by atoms with van der Waals surface area (Å²) in [6, 6.07) is 14.3. The average Bonchev–Trinajstić information content (AvgIpc) is 2.91. The van der Waals surface area contributed by atoms with E-state index in [0.717, 1.165) is 59.6 Å². The summed E-state index contributed by atoms with van der Waals surface area (Å²) in [5, 5.41) is 20.3. The molecule has 0 heterocycles. The van der Waals surface area contributed by atoms with E-state index in [9.17, 15) is 19.5 Å². The maximum Gasteiger partial charge on any atom is 0.329 e. The Balaban J connectivity index is 1.64. The molecule has 1 aliphatic carbocycles. The third-order valence-corrected chi connectivity index (χ3v) is 7.76. The molecule has 0 spiro atoms. The smallest absolute Gasteiger partial charge is 0.329 e. The van der Waals surface area contributed by atoms with Crippen LogP contribution in [0.2, 0.25) is 0 Å². The molecule has 39 heavy (non-hydrogen) atoms. The SMILES string of the molecule is C#CCc1cc(C)c(NC(=O)Nc2cc3ccccc3cc2C(=O)N[C@](C)(C(=O)O)C2CCCCC2)c(C)c1. The summed E-state index contributed by atoms with van der Waals surface area (Å²) < 4.78 is 0. The minimum absolute atomic E-state index is 0.170. The molecule has 3 aromatic rings. The first-order valence-corrected chi connectivity index (χ1v) is 13.3. The van der Waals surface area contributed by atoms with Crippen LogP contribution >= 0.6 is 0 Å². The molecule has 1 fully saturated rings. The highest BCUT2D eigenvalue weighted by atomic mass is 16.4. The number of carbonyl (C=O) groups is 3. The highest BCUT2D eigenvalue weighted by molar-refractivity contribution is 6.10. The quantitative estimate of drug-likeness (QED) is 0.267. The number of urea groups is 1. The van der Waals surface area contributed by atoms with Gasteiger partial charge in [0.25, 0.3) is 5.91 Å². The zero-order valence-corrected chi connectivity index (χ0v) is 22.7. The summed E-state index contributed by atoms with van der Waals surface area (Å²) in [5.41, 5.74) is 2.47. The van der Waals surface area contributed by atoms with Gasteiger partial charge in [-0.05, 0) is 79.1 Å². The lowest BCUT2D eigenvalue weighted by Crippen LogP contribution is -2.57. The normalized spacial score (nSPS) is 15.1. The Morgan fingerprint density at radius 3 is 2.18 bits per heavy atom. The van der Waals surface area contributed by atoms with Gasteiger partial charge >= 0.3 is 12.0 Å². The van der Waals surface area contributed by atoms with Gasteiger partial charge in [-0.15, -0.1) is 12.3 Å². The summed E-state index contributed by atoms with van der Waals surface area (Å²) in [6.07, 6.45) is 10.4. The van der Waals surface area contributed by atoms with E-state index in [2.05, 4.69) is 21.9 Å². The second-order valence-electron chi connectivity index (χ2n) is 10.6. The van der Waals surface area contributed by atoms with Gasteiger partial charge in [0.15, 0.2) is 0 Å². The third kappa shape index (κ3) is 6.06. The number of anilines is 2. The van der Waals surface area contributed by atoms with Crippen LogP contribution in [0.1, 0.15) is 66.1 Å². The monoisotopic (exact) mass is 525 g/mol. The number of hydrogen-bond donors (Lipinski definition) is 4.